The minimum absolute atomic E-state index is 0.0965. The zero-order valence-electron chi connectivity index (χ0n) is 17.0. The number of ether oxygens (including phenoxy) is 1. The molecule has 1 aliphatic rings. The fourth-order valence-electron chi connectivity index (χ4n) is 3.67. The summed E-state index contributed by atoms with van der Waals surface area (Å²) in [6.07, 6.45) is 4.77. The lowest BCUT2D eigenvalue weighted by Crippen LogP contribution is -3.12. The molecule has 2 N–H and O–H groups in total. The maximum Gasteiger partial charge on any atom is 0.341 e. The van der Waals surface area contributed by atoms with E-state index in [-0.39, 0.29) is 12.5 Å². The summed E-state index contributed by atoms with van der Waals surface area (Å²) in [5, 5.41) is 3.39. The number of aryl methyl sites for hydroxylation is 1. The molecule has 1 aromatic carbocycles. The number of thiophene rings is 1. The van der Waals surface area contributed by atoms with Crippen LogP contribution < -0.4 is 10.2 Å². The number of amides is 1. The molecular weight excluding hydrogens is 408 g/mol. The average Bonchev–Trinajstić information content (AvgIpc) is 2.83. The van der Waals surface area contributed by atoms with Gasteiger partial charge in [0.1, 0.15) is 14.9 Å². The van der Waals surface area contributed by atoms with E-state index in [1.54, 1.807) is 6.92 Å². The zero-order valence-corrected chi connectivity index (χ0v) is 18.5. The second-order valence-electron chi connectivity index (χ2n) is 7.43. The number of quaternary nitrogens is 1. The van der Waals surface area contributed by atoms with Crippen molar-refractivity contribution in [3.8, 4) is 11.1 Å². The number of benzene rings is 1. The quantitative estimate of drug-likeness (QED) is 0.675. The van der Waals surface area contributed by atoms with Gasteiger partial charge in [-0.1, -0.05) is 41.4 Å². The molecule has 1 aromatic heterocycles. The predicted molar refractivity (Wildman–Crippen MR) is 118 cm³/mol. The van der Waals surface area contributed by atoms with Gasteiger partial charge in [-0.15, -0.1) is 11.3 Å². The number of esters is 1. The molecule has 1 aliphatic heterocycles. The summed E-state index contributed by atoms with van der Waals surface area (Å²) < 4.78 is 5.74. The smallest absolute Gasteiger partial charge is 0.341 e. The molecule has 7 heteroatoms. The van der Waals surface area contributed by atoms with Crippen LogP contribution in [0.3, 0.4) is 0 Å². The van der Waals surface area contributed by atoms with Crippen LogP contribution >= 0.6 is 22.9 Å². The molecule has 5 nitrogen and oxygen atoms in total. The Morgan fingerprint density at radius 2 is 1.79 bits per heavy atom. The minimum Gasteiger partial charge on any atom is -0.462 e. The van der Waals surface area contributed by atoms with E-state index in [4.69, 9.17) is 16.3 Å². The Kier molecular flexibility index (Phi) is 7.70. The van der Waals surface area contributed by atoms with Gasteiger partial charge in [0.15, 0.2) is 6.54 Å². The molecule has 0 unspecified atom stereocenters. The zero-order chi connectivity index (χ0) is 20.8. The molecule has 0 atom stereocenters. The van der Waals surface area contributed by atoms with Gasteiger partial charge >= 0.3 is 5.97 Å². The highest BCUT2D eigenvalue weighted by molar-refractivity contribution is 7.21. The summed E-state index contributed by atoms with van der Waals surface area (Å²) in [5.41, 5.74) is 2.91. The lowest BCUT2D eigenvalue weighted by Gasteiger charge is -2.16. The number of hydrogen-bond acceptors (Lipinski definition) is 4. The molecule has 156 valence electrons. The molecule has 1 fully saturated rings. The van der Waals surface area contributed by atoms with Gasteiger partial charge in [-0.05, 0) is 45.1 Å². The van der Waals surface area contributed by atoms with Crippen molar-refractivity contribution in [1.29, 1.82) is 0 Å². The SMILES string of the molecule is CCOC(=O)c1c(NC(=O)C[NH+]2CCCCCC2)sc(Cl)c1-c1ccc(C)cc1. The Hall–Kier alpha value is -1.89. The number of likely N-dealkylation sites (tertiary alicyclic amines) is 1. The van der Waals surface area contributed by atoms with Crippen LogP contribution in [0.25, 0.3) is 11.1 Å². The molecule has 3 rings (SSSR count). The van der Waals surface area contributed by atoms with Crippen LogP contribution in [0.4, 0.5) is 5.00 Å². The Bertz CT molecular complexity index is 856. The Balaban J connectivity index is 1.87. The maximum absolute atomic E-state index is 12.7. The lowest BCUT2D eigenvalue weighted by molar-refractivity contribution is -0.890. The fraction of sp³-hybridized carbons (Fsp3) is 0.455. The summed E-state index contributed by atoms with van der Waals surface area (Å²) in [7, 11) is 0. The molecule has 1 amide bonds. The topological polar surface area (TPSA) is 59.8 Å². The summed E-state index contributed by atoms with van der Waals surface area (Å²) >= 11 is 7.73. The molecule has 0 spiro atoms. The third-order valence-corrected chi connectivity index (χ3v) is 6.47. The average molecular weight is 436 g/mol. The van der Waals surface area contributed by atoms with Crippen molar-refractivity contribution in [3.63, 3.8) is 0 Å². The first-order chi connectivity index (χ1) is 14.0. The van der Waals surface area contributed by atoms with Crippen molar-refractivity contribution in [2.75, 3.05) is 31.6 Å². The highest BCUT2D eigenvalue weighted by atomic mass is 35.5. The Labute approximate surface area is 181 Å². The van der Waals surface area contributed by atoms with Crippen LogP contribution in [0.5, 0.6) is 0 Å². The Morgan fingerprint density at radius 3 is 2.41 bits per heavy atom. The summed E-state index contributed by atoms with van der Waals surface area (Å²) in [5.74, 6) is -0.565. The largest absolute Gasteiger partial charge is 0.462 e. The van der Waals surface area contributed by atoms with Crippen LogP contribution in [0, 0.1) is 6.92 Å². The van der Waals surface area contributed by atoms with E-state index in [9.17, 15) is 9.59 Å². The standard InChI is InChI=1S/C22H27ClN2O3S/c1-3-28-22(27)19-18(16-10-8-15(2)9-11-16)20(23)29-21(19)24-17(26)14-25-12-6-4-5-7-13-25/h8-11H,3-7,12-14H2,1-2H3,(H,24,26)/p+1. The van der Waals surface area contributed by atoms with Crippen LogP contribution in [0.1, 0.15) is 48.5 Å². The number of nitrogens with one attached hydrogen (secondary N) is 2. The van der Waals surface area contributed by atoms with Crippen molar-refractivity contribution in [2.45, 2.75) is 39.5 Å². The van der Waals surface area contributed by atoms with E-state index in [2.05, 4.69) is 5.32 Å². The number of carbonyl (C=O) groups is 2. The number of rotatable bonds is 6. The first kappa shape index (κ1) is 21.8. The van der Waals surface area contributed by atoms with Crippen LogP contribution in [0.15, 0.2) is 24.3 Å². The molecule has 1 saturated heterocycles. The molecule has 0 bridgehead atoms. The van der Waals surface area contributed by atoms with Gasteiger partial charge in [0.2, 0.25) is 0 Å². The summed E-state index contributed by atoms with van der Waals surface area (Å²) in [6.45, 7) is 6.44. The van der Waals surface area contributed by atoms with Gasteiger partial charge in [0.25, 0.3) is 5.91 Å². The van der Waals surface area contributed by atoms with E-state index in [0.717, 1.165) is 37.1 Å². The van der Waals surface area contributed by atoms with Gasteiger partial charge in [0.05, 0.1) is 19.7 Å². The molecule has 0 radical (unpaired) electrons. The van der Waals surface area contributed by atoms with E-state index < -0.39 is 5.97 Å². The number of halogens is 1. The molecule has 0 saturated carbocycles. The van der Waals surface area contributed by atoms with Crippen molar-refractivity contribution in [2.24, 2.45) is 0 Å². The van der Waals surface area contributed by atoms with Crippen LogP contribution in [0.2, 0.25) is 4.34 Å². The monoisotopic (exact) mass is 435 g/mol. The van der Waals surface area contributed by atoms with Crippen molar-refractivity contribution in [3.05, 3.63) is 39.7 Å². The summed E-state index contributed by atoms with van der Waals surface area (Å²) in [4.78, 5) is 26.7. The number of carbonyl (C=O) groups excluding carboxylic acids is 2. The van der Waals surface area contributed by atoms with Gasteiger partial charge in [-0.3, -0.25) is 4.79 Å². The van der Waals surface area contributed by atoms with Gasteiger partial charge in [-0.2, -0.15) is 0 Å². The number of anilines is 1. The molecular formula is C22H28ClN2O3S+. The molecule has 29 heavy (non-hydrogen) atoms. The van der Waals surface area contributed by atoms with E-state index in [1.165, 1.54) is 29.1 Å². The second kappa shape index (κ2) is 10.2. The van der Waals surface area contributed by atoms with Crippen LogP contribution in [-0.2, 0) is 9.53 Å². The van der Waals surface area contributed by atoms with E-state index in [1.807, 2.05) is 31.2 Å². The predicted octanol–water partition coefficient (Wildman–Crippen LogP) is 3.95. The second-order valence-corrected chi connectivity index (χ2v) is 9.05. The Morgan fingerprint density at radius 1 is 1.14 bits per heavy atom. The maximum atomic E-state index is 12.7. The lowest BCUT2D eigenvalue weighted by atomic mass is 10.0. The molecule has 0 aliphatic carbocycles. The van der Waals surface area contributed by atoms with Crippen LogP contribution in [-0.4, -0.2) is 38.1 Å². The highest BCUT2D eigenvalue weighted by Gasteiger charge is 2.27. The van der Waals surface area contributed by atoms with Gasteiger partial charge in [0, 0.05) is 5.56 Å². The first-order valence-corrected chi connectivity index (χ1v) is 11.4. The summed E-state index contributed by atoms with van der Waals surface area (Å²) in [6, 6.07) is 7.80. The normalized spacial score (nSPS) is 15.0. The number of hydrogen-bond donors (Lipinski definition) is 2. The molecule has 2 heterocycles. The minimum atomic E-state index is -0.469. The van der Waals surface area contributed by atoms with E-state index >= 15 is 0 Å². The fourth-order valence-corrected chi connectivity index (χ4v) is 5.06. The van der Waals surface area contributed by atoms with Crippen molar-refractivity contribution >= 4 is 39.8 Å². The third-order valence-electron chi connectivity index (χ3n) is 5.16. The highest BCUT2D eigenvalue weighted by Crippen LogP contribution is 2.44. The first-order valence-electron chi connectivity index (χ1n) is 10.2. The van der Waals surface area contributed by atoms with Crippen molar-refractivity contribution in [1.82, 2.24) is 0 Å². The van der Waals surface area contributed by atoms with E-state index in [0.29, 0.717) is 27.0 Å². The third kappa shape index (κ3) is 5.59. The van der Waals surface area contributed by atoms with Gasteiger partial charge < -0.3 is 15.0 Å². The van der Waals surface area contributed by atoms with Crippen molar-refractivity contribution < 1.29 is 19.2 Å². The van der Waals surface area contributed by atoms with Gasteiger partial charge in [-0.25, -0.2) is 4.79 Å². The molecule has 2 aromatic rings.